The Kier molecular flexibility index (Phi) is 2.37. The summed E-state index contributed by atoms with van der Waals surface area (Å²) in [6.45, 7) is 0. The van der Waals surface area contributed by atoms with Crippen molar-refractivity contribution in [3.63, 3.8) is 0 Å². The minimum Gasteiger partial charge on any atom is -0.265 e. The average molecular weight is 193 g/mol. The van der Waals surface area contributed by atoms with Crippen molar-refractivity contribution in [2.45, 2.75) is 5.50 Å². The monoisotopic (exact) mass is 193 g/mol. The summed E-state index contributed by atoms with van der Waals surface area (Å²) in [7, 11) is -5.15. The summed E-state index contributed by atoms with van der Waals surface area (Å²) in [5.41, 5.74) is -2.87. The smallest absolute Gasteiger partial charge is 0.265 e. The van der Waals surface area contributed by atoms with Crippen molar-refractivity contribution in [1.29, 1.82) is 0 Å². The van der Waals surface area contributed by atoms with Crippen LogP contribution in [0.4, 0.5) is 8.28 Å². The van der Waals surface area contributed by atoms with Gasteiger partial charge >= 0.3 is 10.2 Å². The fourth-order valence-electron chi connectivity index (χ4n) is 0.677. The van der Waals surface area contributed by atoms with Crippen LogP contribution in [0.1, 0.15) is 11.1 Å². The second-order valence-electron chi connectivity index (χ2n) is 2.07. The molecule has 1 heterocycles. The van der Waals surface area contributed by atoms with Crippen LogP contribution in [0.2, 0.25) is 0 Å². The molecular weight excluding hydrogens is 188 g/mol. The number of alkyl halides is 1. The van der Waals surface area contributed by atoms with E-state index in [2.05, 4.69) is 4.98 Å². The molecule has 0 aliphatic heterocycles. The molecule has 1 rings (SSSR count). The molecule has 0 spiro atoms. The van der Waals surface area contributed by atoms with Gasteiger partial charge in [0.15, 0.2) is 0 Å². The van der Waals surface area contributed by atoms with E-state index in [0.717, 1.165) is 12.1 Å². The zero-order valence-corrected chi connectivity index (χ0v) is 6.63. The second kappa shape index (κ2) is 3.14. The average Bonchev–Trinajstić information content (AvgIpc) is 2.03. The molecular formula is C6H5F2NO2S. The zero-order chi connectivity index (χ0) is 9.19. The molecule has 6 heteroatoms. The predicted molar refractivity (Wildman–Crippen MR) is 38.1 cm³/mol. The van der Waals surface area contributed by atoms with Gasteiger partial charge in [-0.25, -0.2) is 4.39 Å². The first kappa shape index (κ1) is 9.05. The summed E-state index contributed by atoms with van der Waals surface area (Å²) in [4.78, 5) is 3.53. The van der Waals surface area contributed by atoms with E-state index in [0.29, 0.717) is 0 Å². The highest BCUT2D eigenvalue weighted by molar-refractivity contribution is 7.86. The highest BCUT2D eigenvalue weighted by atomic mass is 32.3. The number of halogens is 2. The van der Waals surface area contributed by atoms with Crippen LogP contribution >= 0.6 is 0 Å². The lowest BCUT2D eigenvalue weighted by Gasteiger charge is -2.01. The summed E-state index contributed by atoms with van der Waals surface area (Å²) in [6.07, 6.45) is 2.38. The maximum atomic E-state index is 12.7. The van der Waals surface area contributed by atoms with Crippen molar-refractivity contribution in [2.24, 2.45) is 0 Å². The van der Waals surface area contributed by atoms with Crippen molar-refractivity contribution >= 4 is 10.2 Å². The van der Waals surface area contributed by atoms with Crippen LogP contribution in [0.3, 0.4) is 0 Å². The molecule has 0 aliphatic rings. The minimum atomic E-state index is -5.15. The molecule has 0 amide bonds. The quantitative estimate of drug-likeness (QED) is 0.666. The van der Waals surface area contributed by atoms with Crippen molar-refractivity contribution in [1.82, 2.24) is 4.98 Å². The van der Waals surface area contributed by atoms with Crippen LogP contribution in [0, 0.1) is 0 Å². The summed E-state index contributed by atoms with van der Waals surface area (Å²) in [5.74, 6) is 0. The fourth-order valence-corrected chi connectivity index (χ4v) is 1.16. The Balaban J connectivity index is 3.02. The van der Waals surface area contributed by atoms with E-state index in [1.807, 2.05) is 0 Å². The maximum absolute atomic E-state index is 12.7. The molecule has 1 atom stereocenters. The third kappa shape index (κ3) is 1.97. The lowest BCUT2D eigenvalue weighted by Crippen LogP contribution is -2.01. The molecule has 66 valence electrons. The molecule has 0 N–H and O–H groups in total. The number of hydrogen-bond donors (Lipinski definition) is 0. The molecule has 0 radical (unpaired) electrons. The van der Waals surface area contributed by atoms with Gasteiger partial charge in [-0.2, -0.15) is 8.42 Å². The van der Waals surface area contributed by atoms with Crippen LogP contribution in [-0.2, 0) is 10.2 Å². The lowest BCUT2D eigenvalue weighted by molar-refractivity contribution is 0.410. The van der Waals surface area contributed by atoms with E-state index < -0.39 is 15.7 Å². The largest absolute Gasteiger partial charge is 0.339 e. The first-order valence-corrected chi connectivity index (χ1v) is 4.44. The topological polar surface area (TPSA) is 47.0 Å². The number of aromatic nitrogens is 1. The molecule has 3 nitrogen and oxygen atoms in total. The zero-order valence-electron chi connectivity index (χ0n) is 5.81. The van der Waals surface area contributed by atoms with E-state index in [4.69, 9.17) is 0 Å². The summed E-state index contributed by atoms with van der Waals surface area (Å²) in [6, 6.07) is 2.20. The lowest BCUT2D eigenvalue weighted by atomic mass is 10.3. The third-order valence-electron chi connectivity index (χ3n) is 1.22. The van der Waals surface area contributed by atoms with Gasteiger partial charge in [0.25, 0.3) is 5.50 Å². The molecule has 0 fully saturated rings. The van der Waals surface area contributed by atoms with Crippen LogP contribution in [0.25, 0.3) is 0 Å². The van der Waals surface area contributed by atoms with Crippen molar-refractivity contribution in [2.75, 3.05) is 0 Å². The maximum Gasteiger partial charge on any atom is 0.339 e. The Morgan fingerprint density at radius 1 is 1.33 bits per heavy atom. The van der Waals surface area contributed by atoms with Crippen molar-refractivity contribution in [3.8, 4) is 0 Å². The van der Waals surface area contributed by atoms with Gasteiger partial charge in [0, 0.05) is 18.0 Å². The highest BCUT2D eigenvalue weighted by Crippen LogP contribution is 2.23. The van der Waals surface area contributed by atoms with E-state index >= 15 is 0 Å². The van der Waals surface area contributed by atoms with Crippen LogP contribution in [-0.4, -0.2) is 13.4 Å². The summed E-state index contributed by atoms with van der Waals surface area (Å²) < 4.78 is 44.8. The molecule has 0 bridgehead atoms. The molecule has 0 aromatic carbocycles. The van der Waals surface area contributed by atoms with E-state index in [1.165, 1.54) is 12.4 Å². The number of nitrogens with zero attached hydrogens (tertiary/aromatic N) is 1. The van der Waals surface area contributed by atoms with Gasteiger partial charge in [-0.3, -0.25) is 4.98 Å². The Morgan fingerprint density at radius 3 is 2.25 bits per heavy atom. The van der Waals surface area contributed by atoms with Crippen molar-refractivity contribution < 1.29 is 16.7 Å². The standard InChI is InChI=1S/C6H5F2NO2S/c7-6(12(8,10)11)5-1-3-9-4-2-5/h1-4,6H. The number of hydrogen-bond acceptors (Lipinski definition) is 3. The molecule has 1 unspecified atom stereocenters. The summed E-state index contributed by atoms with van der Waals surface area (Å²) >= 11 is 0. The molecule has 12 heavy (non-hydrogen) atoms. The van der Waals surface area contributed by atoms with E-state index in [-0.39, 0.29) is 5.56 Å². The van der Waals surface area contributed by atoms with Gasteiger partial charge in [-0.15, -0.1) is 3.89 Å². The fraction of sp³-hybridized carbons (Fsp3) is 0.167. The van der Waals surface area contributed by atoms with Gasteiger partial charge in [0.1, 0.15) is 0 Å². The highest BCUT2D eigenvalue weighted by Gasteiger charge is 2.25. The van der Waals surface area contributed by atoms with Crippen LogP contribution in [0.15, 0.2) is 24.5 Å². The van der Waals surface area contributed by atoms with Crippen LogP contribution in [0.5, 0.6) is 0 Å². The second-order valence-corrected chi connectivity index (χ2v) is 3.44. The van der Waals surface area contributed by atoms with Gasteiger partial charge in [0.05, 0.1) is 0 Å². The van der Waals surface area contributed by atoms with Gasteiger partial charge in [0.2, 0.25) is 0 Å². The minimum absolute atomic E-state index is 0.257. The molecule has 0 saturated heterocycles. The normalized spacial score (nSPS) is 14.2. The van der Waals surface area contributed by atoms with Gasteiger partial charge in [-0.1, -0.05) is 0 Å². The Labute approximate surface area is 68.3 Å². The molecule has 0 saturated carbocycles. The number of rotatable bonds is 2. The van der Waals surface area contributed by atoms with E-state index in [1.54, 1.807) is 0 Å². The molecule has 1 aromatic heterocycles. The van der Waals surface area contributed by atoms with Gasteiger partial charge in [-0.05, 0) is 12.1 Å². The SMILES string of the molecule is O=S(=O)(F)C(F)c1ccncc1. The molecule has 1 aromatic rings. The van der Waals surface area contributed by atoms with Crippen LogP contribution < -0.4 is 0 Å². The Bertz CT molecular complexity index is 351. The Hall–Kier alpha value is -1.04. The molecule has 0 aliphatic carbocycles. The number of pyridine rings is 1. The first-order chi connectivity index (χ1) is 5.52. The Morgan fingerprint density at radius 2 is 1.83 bits per heavy atom. The third-order valence-corrected chi connectivity index (χ3v) is 1.98. The van der Waals surface area contributed by atoms with E-state index in [9.17, 15) is 16.7 Å². The van der Waals surface area contributed by atoms with Crippen molar-refractivity contribution in [3.05, 3.63) is 30.1 Å². The van der Waals surface area contributed by atoms with Gasteiger partial charge < -0.3 is 0 Å². The predicted octanol–water partition coefficient (Wildman–Crippen LogP) is 1.35. The first-order valence-electron chi connectivity index (χ1n) is 2.99. The summed E-state index contributed by atoms with van der Waals surface area (Å²) in [5, 5.41) is 0.